The van der Waals surface area contributed by atoms with Crippen molar-refractivity contribution < 1.29 is 0 Å². The third kappa shape index (κ3) is 3.87. The minimum absolute atomic E-state index is 0.150. The Labute approximate surface area is 159 Å². The highest BCUT2D eigenvalue weighted by molar-refractivity contribution is 7.19. The predicted molar refractivity (Wildman–Crippen MR) is 113 cm³/mol. The van der Waals surface area contributed by atoms with E-state index >= 15 is 0 Å². The summed E-state index contributed by atoms with van der Waals surface area (Å²) in [6.07, 6.45) is 4.83. The zero-order chi connectivity index (χ0) is 18.4. The molecule has 1 aromatic heterocycles. The molecule has 3 rings (SSSR count). The molecule has 1 heterocycles. The zero-order valence-corrected chi connectivity index (χ0v) is 15.7. The average molecular weight is 359 g/mol. The Kier molecular flexibility index (Phi) is 5.88. The summed E-state index contributed by atoms with van der Waals surface area (Å²) in [7, 11) is 0. The van der Waals surface area contributed by atoms with Gasteiger partial charge in [0.15, 0.2) is 0 Å². The molecule has 0 saturated heterocycles. The predicted octanol–water partition coefficient (Wildman–Crippen LogP) is 6.49. The normalized spacial score (nSPS) is 12.5. The first-order valence-corrected chi connectivity index (χ1v) is 9.62. The zero-order valence-electron chi connectivity index (χ0n) is 14.9. The van der Waals surface area contributed by atoms with Crippen LogP contribution in [0.1, 0.15) is 24.1 Å². The van der Waals surface area contributed by atoms with E-state index < -0.39 is 0 Å². The van der Waals surface area contributed by atoms with Crippen molar-refractivity contribution in [1.29, 1.82) is 5.26 Å². The molecule has 2 nitrogen and oxygen atoms in total. The summed E-state index contributed by atoms with van der Waals surface area (Å²) in [5.74, 6) is 0.150. The van der Waals surface area contributed by atoms with Crippen molar-refractivity contribution in [1.82, 2.24) is 0 Å². The van der Waals surface area contributed by atoms with Gasteiger partial charge in [0.05, 0.1) is 0 Å². The molecule has 0 radical (unpaired) electrons. The van der Waals surface area contributed by atoms with E-state index in [1.807, 2.05) is 36.4 Å². The van der Waals surface area contributed by atoms with Crippen molar-refractivity contribution in [3.8, 4) is 6.07 Å². The minimum atomic E-state index is 0.150. The third-order valence-electron chi connectivity index (χ3n) is 4.38. The molecule has 0 amide bonds. The van der Waals surface area contributed by atoms with Crippen molar-refractivity contribution in [2.45, 2.75) is 19.3 Å². The highest BCUT2D eigenvalue weighted by Gasteiger charge is 2.16. The lowest BCUT2D eigenvalue weighted by molar-refractivity contribution is 0.863. The minimum Gasteiger partial charge on any atom is -0.333 e. The molecule has 0 saturated carbocycles. The van der Waals surface area contributed by atoms with Gasteiger partial charge in [-0.05, 0) is 49.1 Å². The fourth-order valence-corrected chi connectivity index (χ4v) is 4.26. The molecule has 0 fully saturated rings. The van der Waals surface area contributed by atoms with Gasteiger partial charge in [0.25, 0.3) is 0 Å². The lowest BCUT2D eigenvalue weighted by atomic mass is 10.0. The molecular weight excluding hydrogens is 336 g/mol. The van der Waals surface area contributed by atoms with Crippen LogP contribution in [0.25, 0.3) is 10.1 Å². The van der Waals surface area contributed by atoms with Crippen molar-refractivity contribution in [2.75, 3.05) is 11.4 Å². The maximum Gasteiger partial charge on any atom is 0.117 e. The molecule has 0 bridgehead atoms. The van der Waals surface area contributed by atoms with Gasteiger partial charge >= 0.3 is 0 Å². The number of fused-ring (bicyclic) bond motifs is 1. The second-order valence-corrected chi connectivity index (χ2v) is 7.18. The number of nitrogens with zero attached hydrogens (tertiary/aromatic N) is 2. The molecule has 0 aliphatic rings. The van der Waals surface area contributed by atoms with Gasteiger partial charge in [-0.2, -0.15) is 5.26 Å². The number of para-hydroxylation sites is 1. The molecule has 0 unspecified atom stereocenters. The van der Waals surface area contributed by atoms with E-state index in [-0.39, 0.29) is 5.92 Å². The van der Waals surface area contributed by atoms with Gasteiger partial charge in [-0.25, -0.2) is 0 Å². The number of rotatable bonds is 7. The van der Waals surface area contributed by atoms with Crippen LogP contribution in [0, 0.1) is 11.3 Å². The molecule has 0 aliphatic carbocycles. The van der Waals surface area contributed by atoms with Crippen molar-refractivity contribution in [2.24, 2.45) is 0 Å². The van der Waals surface area contributed by atoms with Gasteiger partial charge in [0.2, 0.25) is 0 Å². The summed E-state index contributed by atoms with van der Waals surface area (Å²) in [4.78, 5) is 3.33. The lowest BCUT2D eigenvalue weighted by Gasteiger charge is -2.23. The van der Waals surface area contributed by atoms with Crippen molar-refractivity contribution in [3.63, 3.8) is 0 Å². The van der Waals surface area contributed by atoms with Gasteiger partial charge in [0, 0.05) is 27.7 Å². The van der Waals surface area contributed by atoms with E-state index in [1.54, 1.807) is 11.3 Å². The Hall–Kier alpha value is -2.83. The standard InChI is InChI=1S/C23H22N2S/c1-3-10-18(23-16-19-11-8-9-14-22(19)26-23)15-21(17-24)25(4-2)20-12-6-5-7-13-20/h3,5-9,11-16,18H,1,4,10H2,2H3/b21-15+/t18-/m0/s1. The molecule has 130 valence electrons. The Morgan fingerprint density at radius 1 is 1.19 bits per heavy atom. The Morgan fingerprint density at radius 3 is 2.58 bits per heavy atom. The summed E-state index contributed by atoms with van der Waals surface area (Å²) in [5, 5.41) is 11.1. The van der Waals surface area contributed by atoms with E-state index in [4.69, 9.17) is 0 Å². The fraction of sp³-hybridized carbons (Fsp3) is 0.174. The summed E-state index contributed by atoms with van der Waals surface area (Å²) in [6, 6.07) is 23.1. The number of allylic oxidation sites excluding steroid dienone is 3. The molecule has 0 spiro atoms. The molecule has 2 aromatic carbocycles. The van der Waals surface area contributed by atoms with Crippen LogP contribution in [0.4, 0.5) is 5.69 Å². The highest BCUT2D eigenvalue weighted by atomic mass is 32.1. The quantitative estimate of drug-likeness (QED) is 0.356. The maximum absolute atomic E-state index is 9.81. The molecule has 3 heteroatoms. The molecule has 0 N–H and O–H groups in total. The van der Waals surface area contributed by atoms with E-state index in [1.165, 1.54) is 15.0 Å². The molecule has 3 aromatic rings. The maximum atomic E-state index is 9.81. The number of benzene rings is 2. The van der Waals surface area contributed by atoms with E-state index in [2.05, 4.69) is 60.9 Å². The van der Waals surface area contributed by atoms with Gasteiger partial charge in [-0.15, -0.1) is 17.9 Å². The number of anilines is 1. The Morgan fingerprint density at radius 2 is 1.92 bits per heavy atom. The van der Waals surface area contributed by atoms with E-state index in [0.717, 1.165) is 18.7 Å². The van der Waals surface area contributed by atoms with E-state index in [0.29, 0.717) is 5.70 Å². The molecular formula is C23H22N2S. The second kappa shape index (κ2) is 8.51. The monoisotopic (exact) mass is 358 g/mol. The Bertz CT molecular complexity index is 914. The Balaban J connectivity index is 2.00. The largest absolute Gasteiger partial charge is 0.333 e. The van der Waals surface area contributed by atoms with Crippen LogP contribution in [-0.2, 0) is 0 Å². The number of hydrogen-bond acceptors (Lipinski definition) is 3. The second-order valence-electron chi connectivity index (χ2n) is 6.06. The number of thiophene rings is 1. The number of hydrogen-bond donors (Lipinski definition) is 0. The summed E-state index contributed by atoms with van der Waals surface area (Å²) in [6.45, 7) is 6.73. The van der Waals surface area contributed by atoms with Gasteiger partial charge < -0.3 is 4.90 Å². The highest BCUT2D eigenvalue weighted by Crippen LogP contribution is 2.34. The molecule has 26 heavy (non-hydrogen) atoms. The first kappa shape index (κ1) is 18.0. The van der Waals surface area contributed by atoms with Crippen LogP contribution >= 0.6 is 11.3 Å². The van der Waals surface area contributed by atoms with Crippen LogP contribution in [0.2, 0.25) is 0 Å². The fourth-order valence-electron chi connectivity index (χ4n) is 3.11. The van der Waals surface area contributed by atoms with Crippen LogP contribution in [0.5, 0.6) is 0 Å². The molecule has 0 aliphatic heterocycles. The summed E-state index contributed by atoms with van der Waals surface area (Å²) in [5.41, 5.74) is 1.72. The SMILES string of the molecule is C=CC[C@@H](/C=C(\C#N)N(CC)c1ccccc1)c1cc2ccccc2s1. The number of nitriles is 1. The molecule has 1 atom stereocenters. The first-order chi connectivity index (χ1) is 12.8. The van der Waals surface area contributed by atoms with Gasteiger partial charge in [-0.3, -0.25) is 0 Å². The average Bonchev–Trinajstić information content (AvgIpc) is 3.12. The van der Waals surface area contributed by atoms with Crippen LogP contribution < -0.4 is 4.90 Å². The van der Waals surface area contributed by atoms with Gasteiger partial charge in [0.1, 0.15) is 11.8 Å². The third-order valence-corrected chi connectivity index (χ3v) is 5.63. The van der Waals surface area contributed by atoms with Crippen molar-refractivity contribution in [3.05, 3.63) is 90.0 Å². The summed E-state index contributed by atoms with van der Waals surface area (Å²) >= 11 is 1.79. The van der Waals surface area contributed by atoms with E-state index in [9.17, 15) is 5.26 Å². The van der Waals surface area contributed by atoms with Crippen LogP contribution in [0.3, 0.4) is 0 Å². The first-order valence-electron chi connectivity index (χ1n) is 8.80. The lowest BCUT2D eigenvalue weighted by Crippen LogP contribution is -2.21. The van der Waals surface area contributed by atoms with Gasteiger partial charge in [-0.1, -0.05) is 42.5 Å². The topological polar surface area (TPSA) is 27.0 Å². The van der Waals surface area contributed by atoms with Crippen LogP contribution in [-0.4, -0.2) is 6.54 Å². The smallest absolute Gasteiger partial charge is 0.117 e. The van der Waals surface area contributed by atoms with Crippen molar-refractivity contribution >= 4 is 27.1 Å². The van der Waals surface area contributed by atoms with Crippen LogP contribution in [0.15, 0.2) is 85.1 Å². The summed E-state index contributed by atoms with van der Waals surface area (Å²) < 4.78 is 1.28.